The number of rotatable bonds is 6. The summed E-state index contributed by atoms with van der Waals surface area (Å²) in [6.07, 6.45) is 5.36. The second-order valence-corrected chi connectivity index (χ2v) is 7.88. The summed E-state index contributed by atoms with van der Waals surface area (Å²) < 4.78 is 0. The van der Waals surface area contributed by atoms with Gasteiger partial charge in [0.05, 0.1) is 0 Å². The van der Waals surface area contributed by atoms with Crippen molar-refractivity contribution in [2.45, 2.75) is 58.5 Å². The van der Waals surface area contributed by atoms with Gasteiger partial charge in [0.25, 0.3) is 0 Å². The molecule has 0 saturated heterocycles. The number of nitrogens with zero attached hydrogens (tertiary/aromatic N) is 1. The van der Waals surface area contributed by atoms with Crippen molar-refractivity contribution in [3.63, 3.8) is 0 Å². The Morgan fingerprint density at radius 1 is 1.20 bits per heavy atom. The van der Waals surface area contributed by atoms with E-state index < -0.39 is 0 Å². The van der Waals surface area contributed by atoms with Gasteiger partial charge in [0.1, 0.15) is 0 Å². The first-order valence-electron chi connectivity index (χ1n) is 8.00. The van der Waals surface area contributed by atoms with Gasteiger partial charge in [-0.3, -0.25) is 0 Å². The molecule has 0 spiro atoms. The molecule has 3 heteroatoms. The Kier molecular flexibility index (Phi) is 5.65. The fourth-order valence-corrected chi connectivity index (χ4v) is 4.42. The zero-order chi connectivity index (χ0) is 14.7. The van der Waals surface area contributed by atoms with Crippen LogP contribution in [0.25, 0.3) is 0 Å². The Hall–Kier alpha value is -0.380. The van der Waals surface area contributed by atoms with E-state index in [4.69, 9.17) is 0 Å². The SMILES string of the molecule is CC(NCC(C(C)C)N(C)C)c1cc2c(s1)CCCC2. The van der Waals surface area contributed by atoms with Gasteiger partial charge in [-0.15, -0.1) is 11.3 Å². The molecule has 1 aliphatic carbocycles. The molecule has 1 heterocycles. The fourth-order valence-electron chi connectivity index (χ4n) is 3.14. The second-order valence-electron chi connectivity index (χ2n) is 6.71. The summed E-state index contributed by atoms with van der Waals surface area (Å²) in [5.74, 6) is 0.682. The third-order valence-corrected chi connectivity index (χ3v) is 5.93. The van der Waals surface area contributed by atoms with Gasteiger partial charge in [0.15, 0.2) is 0 Å². The van der Waals surface area contributed by atoms with Gasteiger partial charge in [0.2, 0.25) is 0 Å². The average Bonchev–Trinajstić information content (AvgIpc) is 2.81. The molecule has 1 aliphatic rings. The molecule has 0 aromatic carbocycles. The van der Waals surface area contributed by atoms with E-state index in [9.17, 15) is 0 Å². The Labute approximate surface area is 128 Å². The summed E-state index contributed by atoms with van der Waals surface area (Å²) in [5.41, 5.74) is 1.62. The largest absolute Gasteiger partial charge is 0.308 e. The van der Waals surface area contributed by atoms with Gasteiger partial charge < -0.3 is 10.2 Å². The monoisotopic (exact) mass is 294 g/mol. The molecule has 0 aliphatic heterocycles. The third-order valence-electron chi connectivity index (χ3n) is 4.51. The van der Waals surface area contributed by atoms with Gasteiger partial charge in [0, 0.05) is 28.4 Å². The van der Waals surface area contributed by atoms with E-state index in [2.05, 4.69) is 51.1 Å². The first kappa shape index (κ1) is 16.0. The number of nitrogens with one attached hydrogen (secondary N) is 1. The number of hydrogen-bond donors (Lipinski definition) is 1. The average molecular weight is 295 g/mol. The molecule has 20 heavy (non-hydrogen) atoms. The summed E-state index contributed by atoms with van der Waals surface area (Å²) in [5, 5.41) is 3.74. The number of hydrogen-bond acceptors (Lipinski definition) is 3. The van der Waals surface area contributed by atoms with Crippen LogP contribution in [0.3, 0.4) is 0 Å². The normalized spacial score (nSPS) is 18.4. The highest BCUT2D eigenvalue weighted by Gasteiger charge is 2.19. The zero-order valence-corrected chi connectivity index (χ0v) is 14.5. The molecule has 114 valence electrons. The van der Waals surface area contributed by atoms with Crippen LogP contribution in [0.1, 0.15) is 55.0 Å². The van der Waals surface area contributed by atoms with Crippen molar-refractivity contribution < 1.29 is 0 Å². The first-order valence-corrected chi connectivity index (χ1v) is 8.82. The maximum Gasteiger partial charge on any atom is 0.0386 e. The molecule has 0 bridgehead atoms. The van der Waals surface area contributed by atoms with Crippen molar-refractivity contribution >= 4 is 11.3 Å². The van der Waals surface area contributed by atoms with Gasteiger partial charge in [-0.25, -0.2) is 0 Å². The Morgan fingerprint density at radius 3 is 2.50 bits per heavy atom. The number of likely N-dealkylation sites (N-methyl/N-ethyl adjacent to an activating group) is 1. The quantitative estimate of drug-likeness (QED) is 0.857. The molecular formula is C17H30N2S. The third kappa shape index (κ3) is 3.84. The molecule has 1 N–H and O–H groups in total. The minimum absolute atomic E-state index is 0.479. The Morgan fingerprint density at radius 2 is 1.90 bits per heavy atom. The van der Waals surface area contributed by atoms with E-state index in [1.54, 1.807) is 10.4 Å². The molecular weight excluding hydrogens is 264 g/mol. The number of thiophene rings is 1. The number of fused-ring (bicyclic) bond motifs is 1. The lowest BCUT2D eigenvalue weighted by molar-refractivity contribution is 0.220. The van der Waals surface area contributed by atoms with E-state index >= 15 is 0 Å². The Bertz CT molecular complexity index is 391. The molecule has 2 unspecified atom stereocenters. The van der Waals surface area contributed by atoms with Crippen molar-refractivity contribution in [2.75, 3.05) is 20.6 Å². The van der Waals surface area contributed by atoms with E-state index in [1.807, 2.05) is 11.3 Å². The summed E-state index contributed by atoms with van der Waals surface area (Å²) in [6, 6.07) is 3.54. The van der Waals surface area contributed by atoms with Crippen molar-refractivity contribution in [1.82, 2.24) is 10.2 Å². The zero-order valence-electron chi connectivity index (χ0n) is 13.7. The predicted molar refractivity (Wildman–Crippen MR) is 89.7 cm³/mol. The van der Waals surface area contributed by atoms with Crippen LogP contribution in [0, 0.1) is 5.92 Å². The number of aryl methyl sites for hydroxylation is 2. The van der Waals surface area contributed by atoms with Crippen molar-refractivity contribution in [3.05, 3.63) is 21.4 Å². The molecule has 0 amide bonds. The second kappa shape index (κ2) is 7.06. The topological polar surface area (TPSA) is 15.3 Å². The molecule has 2 rings (SSSR count). The molecule has 0 fully saturated rings. The van der Waals surface area contributed by atoms with E-state index in [-0.39, 0.29) is 0 Å². The summed E-state index contributed by atoms with van der Waals surface area (Å²) in [7, 11) is 4.36. The molecule has 1 aromatic heterocycles. The lowest BCUT2D eigenvalue weighted by Crippen LogP contribution is -2.42. The molecule has 0 saturated carbocycles. The minimum Gasteiger partial charge on any atom is -0.308 e. The Balaban J connectivity index is 1.94. The van der Waals surface area contributed by atoms with E-state index in [0.29, 0.717) is 18.0 Å². The fraction of sp³-hybridized carbons (Fsp3) is 0.765. The lowest BCUT2D eigenvalue weighted by atomic mass is 9.99. The van der Waals surface area contributed by atoms with Crippen LogP contribution in [0.15, 0.2) is 6.07 Å². The lowest BCUT2D eigenvalue weighted by Gasteiger charge is -2.29. The highest BCUT2D eigenvalue weighted by molar-refractivity contribution is 7.12. The van der Waals surface area contributed by atoms with Crippen LogP contribution in [0.2, 0.25) is 0 Å². The van der Waals surface area contributed by atoms with Crippen LogP contribution in [0.4, 0.5) is 0 Å². The predicted octanol–water partition coefficient (Wildman–Crippen LogP) is 3.86. The molecule has 2 nitrogen and oxygen atoms in total. The highest BCUT2D eigenvalue weighted by Crippen LogP contribution is 2.32. The maximum absolute atomic E-state index is 3.74. The summed E-state index contributed by atoms with van der Waals surface area (Å²) in [4.78, 5) is 5.51. The highest BCUT2D eigenvalue weighted by atomic mass is 32.1. The van der Waals surface area contributed by atoms with Crippen LogP contribution in [-0.4, -0.2) is 31.6 Å². The summed E-state index contributed by atoms with van der Waals surface area (Å²) in [6.45, 7) is 7.99. The summed E-state index contributed by atoms with van der Waals surface area (Å²) >= 11 is 2.04. The maximum atomic E-state index is 3.74. The van der Waals surface area contributed by atoms with Crippen molar-refractivity contribution in [1.29, 1.82) is 0 Å². The van der Waals surface area contributed by atoms with Gasteiger partial charge in [-0.05, 0) is 64.3 Å². The van der Waals surface area contributed by atoms with E-state index in [0.717, 1.165) is 6.54 Å². The smallest absolute Gasteiger partial charge is 0.0386 e. The van der Waals surface area contributed by atoms with Gasteiger partial charge in [-0.1, -0.05) is 13.8 Å². The van der Waals surface area contributed by atoms with Gasteiger partial charge >= 0.3 is 0 Å². The van der Waals surface area contributed by atoms with Gasteiger partial charge in [-0.2, -0.15) is 0 Å². The molecule has 1 aromatic rings. The van der Waals surface area contributed by atoms with E-state index in [1.165, 1.54) is 30.6 Å². The molecule has 2 atom stereocenters. The van der Waals surface area contributed by atoms with Crippen molar-refractivity contribution in [2.24, 2.45) is 5.92 Å². The van der Waals surface area contributed by atoms with Crippen LogP contribution in [0.5, 0.6) is 0 Å². The standard InChI is InChI=1S/C17H30N2S/c1-12(2)15(19(4)5)11-18-13(3)17-10-14-8-6-7-9-16(14)20-17/h10,12-13,15,18H,6-9,11H2,1-5H3. The minimum atomic E-state index is 0.479. The molecule has 0 radical (unpaired) electrons. The van der Waals surface area contributed by atoms with Crippen LogP contribution in [-0.2, 0) is 12.8 Å². The van der Waals surface area contributed by atoms with Crippen LogP contribution < -0.4 is 5.32 Å². The van der Waals surface area contributed by atoms with Crippen molar-refractivity contribution in [3.8, 4) is 0 Å². The van der Waals surface area contributed by atoms with Crippen LogP contribution >= 0.6 is 11.3 Å². The first-order chi connectivity index (χ1) is 9.49.